The molecule has 1 N–H and O–H groups in total. The van der Waals surface area contributed by atoms with Crippen LogP contribution in [0.2, 0.25) is 5.02 Å². The molecule has 174 valence electrons. The maximum Gasteiger partial charge on any atom is 0.255 e. The van der Waals surface area contributed by atoms with Crippen LogP contribution < -0.4 is 24.3 Å². The number of pyridine rings is 1. The van der Waals surface area contributed by atoms with E-state index < -0.39 is 0 Å². The van der Waals surface area contributed by atoms with Crippen LogP contribution in [0.3, 0.4) is 0 Å². The molecule has 33 heavy (non-hydrogen) atoms. The fraction of sp³-hybridized carbons (Fsp3) is 0.280. The van der Waals surface area contributed by atoms with Gasteiger partial charge in [0.1, 0.15) is 6.61 Å². The number of halogens is 1. The number of rotatable bonds is 10. The number of methoxy groups -OCH3 is 2. The fourth-order valence-electron chi connectivity index (χ4n) is 2.96. The van der Waals surface area contributed by atoms with Crippen molar-refractivity contribution in [3.63, 3.8) is 0 Å². The third-order valence-corrected chi connectivity index (χ3v) is 4.87. The molecule has 7 nitrogen and oxygen atoms in total. The number of benzene rings is 2. The molecule has 8 heteroatoms. The van der Waals surface area contributed by atoms with Gasteiger partial charge in [0.25, 0.3) is 5.91 Å². The third-order valence-electron chi connectivity index (χ3n) is 4.59. The first-order valence-corrected chi connectivity index (χ1v) is 10.8. The second kappa shape index (κ2) is 11.4. The van der Waals surface area contributed by atoms with Gasteiger partial charge >= 0.3 is 0 Å². The second-order valence-corrected chi connectivity index (χ2v) is 8.07. The maximum atomic E-state index is 12.9. The highest BCUT2D eigenvalue weighted by Crippen LogP contribution is 2.37. The zero-order chi connectivity index (χ0) is 23.8. The average molecular weight is 471 g/mol. The first-order valence-electron chi connectivity index (χ1n) is 10.4. The van der Waals surface area contributed by atoms with Crippen LogP contribution in [-0.4, -0.2) is 31.7 Å². The molecule has 0 bridgehead atoms. The van der Waals surface area contributed by atoms with Gasteiger partial charge in [0.2, 0.25) is 0 Å². The van der Waals surface area contributed by atoms with Gasteiger partial charge in [0, 0.05) is 35.3 Å². The molecular formula is C25H27ClN2O5. The van der Waals surface area contributed by atoms with Gasteiger partial charge in [0.05, 0.1) is 25.8 Å². The highest BCUT2D eigenvalue weighted by atomic mass is 35.5. The van der Waals surface area contributed by atoms with Crippen molar-refractivity contribution in [3.8, 4) is 23.0 Å². The lowest BCUT2D eigenvalue weighted by atomic mass is 10.1. The standard InChI is InChI=1S/C25H27ClN2O5/c1-16(2)14-33-24-20(26)10-18(11-23(24)31-4)25(29)28-19-7-8-21(30-3)22(12-19)32-15-17-6-5-9-27-13-17/h5-13,16H,14-15H2,1-4H3,(H,28,29). The van der Waals surface area contributed by atoms with E-state index in [0.29, 0.717) is 58.4 Å². The number of hydrogen-bond donors (Lipinski definition) is 1. The molecular weight excluding hydrogens is 444 g/mol. The number of amides is 1. The predicted molar refractivity (Wildman–Crippen MR) is 128 cm³/mol. The minimum Gasteiger partial charge on any atom is -0.493 e. The smallest absolute Gasteiger partial charge is 0.255 e. The first-order chi connectivity index (χ1) is 15.9. The molecule has 0 fully saturated rings. The predicted octanol–water partition coefficient (Wildman–Crippen LogP) is 5.62. The minimum absolute atomic E-state index is 0.301. The summed E-state index contributed by atoms with van der Waals surface area (Å²) in [5, 5.41) is 3.16. The second-order valence-electron chi connectivity index (χ2n) is 7.66. The summed E-state index contributed by atoms with van der Waals surface area (Å²) >= 11 is 6.38. The van der Waals surface area contributed by atoms with Gasteiger partial charge in [0.15, 0.2) is 23.0 Å². The molecule has 2 aromatic carbocycles. The Kier molecular flexibility index (Phi) is 8.38. The summed E-state index contributed by atoms with van der Waals surface area (Å²) in [6, 6.07) is 12.1. The van der Waals surface area contributed by atoms with Crippen LogP contribution in [0.5, 0.6) is 23.0 Å². The molecule has 1 aromatic heterocycles. The van der Waals surface area contributed by atoms with Crippen LogP contribution in [0.15, 0.2) is 54.9 Å². The Morgan fingerprint density at radius 1 is 1.03 bits per heavy atom. The summed E-state index contributed by atoms with van der Waals surface area (Å²) in [6.07, 6.45) is 3.42. The van der Waals surface area contributed by atoms with Gasteiger partial charge in [-0.3, -0.25) is 9.78 Å². The Bertz CT molecular complexity index is 1090. The van der Waals surface area contributed by atoms with Crippen molar-refractivity contribution in [1.82, 2.24) is 4.98 Å². The Labute approximate surface area is 198 Å². The van der Waals surface area contributed by atoms with Crippen molar-refractivity contribution in [1.29, 1.82) is 0 Å². The molecule has 0 aliphatic carbocycles. The number of nitrogens with zero attached hydrogens (tertiary/aromatic N) is 1. The molecule has 0 atom stereocenters. The number of carbonyl (C=O) groups excluding carboxylic acids is 1. The quantitative estimate of drug-likeness (QED) is 0.414. The lowest BCUT2D eigenvalue weighted by Gasteiger charge is -2.16. The zero-order valence-corrected chi connectivity index (χ0v) is 19.8. The topological polar surface area (TPSA) is 78.9 Å². The van der Waals surface area contributed by atoms with E-state index in [-0.39, 0.29) is 5.91 Å². The van der Waals surface area contributed by atoms with Crippen molar-refractivity contribution in [2.75, 3.05) is 26.1 Å². The number of nitrogens with one attached hydrogen (secondary N) is 1. The first kappa shape index (κ1) is 24.2. The molecule has 3 rings (SSSR count). The van der Waals surface area contributed by atoms with Crippen LogP contribution in [0, 0.1) is 5.92 Å². The highest BCUT2D eigenvalue weighted by molar-refractivity contribution is 6.32. The van der Waals surface area contributed by atoms with Crippen molar-refractivity contribution in [3.05, 3.63) is 71.0 Å². The van der Waals surface area contributed by atoms with E-state index in [1.54, 1.807) is 49.8 Å². The molecule has 3 aromatic rings. The van der Waals surface area contributed by atoms with Gasteiger partial charge in [-0.25, -0.2) is 0 Å². The van der Waals surface area contributed by atoms with Gasteiger partial charge in [-0.15, -0.1) is 0 Å². The fourth-order valence-corrected chi connectivity index (χ4v) is 3.22. The highest BCUT2D eigenvalue weighted by Gasteiger charge is 2.17. The lowest BCUT2D eigenvalue weighted by Crippen LogP contribution is -2.13. The van der Waals surface area contributed by atoms with Crippen molar-refractivity contribution in [2.45, 2.75) is 20.5 Å². The molecule has 0 saturated carbocycles. The van der Waals surface area contributed by atoms with Crippen LogP contribution >= 0.6 is 11.6 Å². The van der Waals surface area contributed by atoms with Crippen molar-refractivity contribution in [2.24, 2.45) is 5.92 Å². The Balaban J connectivity index is 1.77. The molecule has 0 spiro atoms. The summed E-state index contributed by atoms with van der Waals surface area (Å²) in [6.45, 7) is 4.86. The zero-order valence-electron chi connectivity index (χ0n) is 19.1. The summed E-state index contributed by atoms with van der Waals surface area (Å²) < 4.78 is 22.4. The van der Waals surface area contributed by atoms with Crippen molar-refractivity contribution < 1.29 is 23.7 Å². The van der Waals surface area contributed by atoms with Gasteiger partial charge in [-0.1, -0.05) is 31.5 Å². The lowest BCUT2D eigenvalue weighted by molar-refractivity contribution is 0.102. The van der Waals surface area contributed by atoms with Crippen LogP contribution in [0.25, 0.3) is 0 Å². The van der Waals surface area contributed by atoms with Crippen molar-refractivity contribution >= 4 is 23.2 Å². The van der Waals surface area contributed by atoms with Crippen LogP contribution in [-0.2, 0) is 6.61 Å². The SMILES string of the molecule is COc1ccc(NC(=O)c2cc(Cl)c(OCC(C)C)c(OC)c2)cc1OCc1cccnc1. The summed E-state index contributed by atoms with van der Waals surface area (Å²) in [5.74, 6) is 1.82. The number of aromatic nitrogens is 1. The third kappa shape index (κ3) is 6.52. The van der Waals surface area contributed by atoms with E-state index in [1.165, 1.54) is 7.11 Å². The largest absolute Gasteiger partial charge is 0.493 e. The van der Waals surface area contributed by atoms with Crippen LogP contribution in [0.4, 0.5) is 5.69 Å². The molecule has 1 heterocycles. The van der Waals surface area contributed by atoms with Gasteiger partial charge in [-0.05, 0) is 36.2 Å². The maximum absolute atomic E-state index is 12.9. The number of anilines is 1. The molecule has 0 unspecified atom stereocenters. The number of hydrogen-bond acceptors (Lipinski definition) is 6. The molecule has 0 radical (unpaired) electrons. The molecule has 1 amide bonds. The molecule has 0 aliphatic heterocycles. The van der Waals surface area contributed by atoms with E-state index >= 15 is 0 Å². The summed E-state index contributed by atoms with van der Waals surface area (Å²) in [7, 11) is 3.06. The summed E-state index contributed by atoms with van der Waals surface area (Å²) in [4.78, 5) is 17.0. The number of ether oxygens (including phenoxy) is 4. The Hall–Kier alpha value is -3.45. The van der Waals surface area contributed by atoms with E-state index in [9.17, 15) is 4.79 Å². The monoisotopic (exact) mass is 470 g/mol. The minimum atomic E-state index is -0.353. The van der Waals surface area contributed by atoms with Gasteiger partial charge in [-0.2, -0.15) is 0 Å². The van der Waals surface area contributed by atoms with E-state index in [0.717, 1.165) is 5.56 Å². The summed E-state index contributed by atoms with van der Waals surface area (Å²) in [5.41, 5.74) is 1.79. The molecule has 0 saturated heterocycles. The number of carbonyl (C=O) groups is 1. The van der Waals surface area contributed by atoms with E-state index in [1.807, 2.05) is 26.0 Å². The average Bonchev–Trinajstić information content (AvgIpc) is 2.82. The molecule has 0 aliphatic rings. The normalized spacial score (nSPS) is 10.6. The van der Waals surface area contributed by atoms with E-state index in [2.05, 4.69) is 10.3 Å². The van der Waals surface area contributed by atoms with Gasteiger partial charge < -0.3 is 24.3 Å². The van der Waals surface area contributed by atoms with Crippen LogP contribution in [0.1, 0.15) is 29.8 Å². The Morgan fingerprint density at radius 3 is 2.48 bits per heavy atom. The van der Waals surface area contributed by atoms with E-state index in [4.69, 9.17) is 30.5 Å². The Morgan fingerprint density at radius 2 is 1.82 bits per heavy atom.